The van der Waals surface area contributed by atoms with Crippen LogP contribution in [0, 0.1) is 0 Å². The lowest BCUT2D eigenvalue weighted by atomic mass is 10.2. The Hall–Kier alpha value is -1.84. The van der Waals surface area contributed by atoms with Gasteiger partial charge in [-0.15, -0.1) is 0 Å². The van der Waals surface area contributed by atoms with Crippen LogP contribution < -0.4 is 5.73 Å². The Morgan fingerprint density at radius 3 is 2.57 bits per heavy atom. The first-order chi connectivity index (χ1) is 6.79. The highest BCUT2D eigenvalue weighted by molar-refractivity contribution is 5.58. The molecule has 0 saturated carbocycles. The predicted octanol–water partition coefficient (Wildman–Crippen LogP) is 1.62. The van der Waals surface area contributed by atoms with Crippen molar-refractivity contribution in [2.75, 3.05) is 5.73 Å². The normalized spacial score (nSPS) is 10.4. The topological polar surface area (TPSA) is 67.6 Å². The molecule has 1 heterocycles. The molecule has 3 N–H and O–H groups in total. The minimum Gasteiger partial charge on any atom is -0.399 e. The number of H-pyrrole nitrogens is 1. The lowest BCUT2D eigenvalue weighted by Crippen LogP contribution is -1.85. The maximum atomic E-state index is 5.59. The summed E-state index contributed by atoms with van der Waals surface area (Å²) in [6.45, 7) is 2.03. The standard InChI is InChI=1S/C10H12N4/c1-2-9-12-10(14-13-9)7-3-5-8(11)6-4-7/h3-6H,2,11H2,1H3,(H,12,13,14). The summed E-state index contributed by atoms with van der Waals surface area (Å²) in [5, 5.41) is 6.99. The molecule has 0 aliphatic rings. The quantitative estimate of drug-likeness (QED) is 0.703. The zero-order valence-corrected chi connectivity index (χ0v) is 7.99. The minimum absolute atomic E-state index is 0.724. The highest BCUT2D eigenvalue weighted by atomic mass is 15.2. The monoisotopic (exact) mass is 188 g/mol. The van der Waals surface area contributed by atoms with Crippen LogP contribution in [0.5, 0.6) is 0 Å². The second-order valence-corrected chi connectivity index (χ2v) is 3.08. The molecular weight excluding hydrogens is 176 g/mol. The maximum absolute atomic E-state index is 5.59. The van der Waals surface area contributed by atoms with Crippen molar-refractivity contribution in [1.29, 1.82) is 0 Å². The summed E-state index contributed by atoms with van der Waals surface area (Å²) in [6.07, 6.45) is 0.863. The van der Waals surface area contributed by atoms with Gasteiger partial charge in [-0.3, -0.25) is 5.10 Å². The second-order valence-electron chi connectivity index (χ2n) is 3.08. The molecule has 1 aromatic carbocycles. The van der Waals surface area contributed by atoms with E-state index in [0.29, 0.717) is 0 Å². The second kappa shape index (κ2) is 3.49. The van der Waals surface area contributed by atoms with Crippen LogP contribution in [0.3, 0.4) is 0 Å². The number of nitrogens with two attached hydrogens (primary N) is 1. The third kappa shape index (κ3) is 1.59. The number of rotatable bonds is 2. The summed E-state index contributed by atoms with van der Waals surface area (Å²) >= 11 is 0. The van der Waals surface area contributed by atoms with Crippen LogP contribution in [0.4, 0.5) is 5.69 Å². The third-order valence-corrected chi connectivity index (χ3v) is 2.04. The molecule has 2 rings (SSSR count). The Bertz CT molecular complexity index is 416. The molecule has 14 heavy (non-hydrogen) atoms. The van der Waals surface area contributed by atoms with Gasteiger partial charge in [-0.1, -0.05) is 6.92 Å². The molecule has 0 bridgehead atoms. The molecule has 0 atom stereocenters. The lowest BCUT2D eigenvalue weighted by Gasteiger charge is -1.95. The number of aryl methyl sites for hydroxylation is 1. The summed E-state index contributed by atoms with van der Waals surface area (Å²) in [6, 6.07) is 7.52. The van der Waals surface area contributed by atoms with E-state index >= 15 is 0 Å². The molecule has 4 nitrogen and oxygen atoms in total. The summed E-state index contributed by atoms with van der Waals surface area (Å²) in [7, 11) is 0. The zero-order valence-electron chi connectivity index (χ0n) is 7.99. The molecule has 0 aliphatic carbocycles. The van der Waals surface area contributed by atoms with Crippen LogP contribution in [0.1, 0.15) is 12.7 Å². The highest BCUT2D eigenvalue weighted by Gasteiger charge is 2.03. The van der Waals surface area contributed by atoms with Crippen LogP contribution in [-0.2, 0) is 6.42 Å². The number of nitrogens with zero attached hydrogens (tertiary/aromatic N) is 2. The van der Waals surface area contributed by atoms with E-state index in [4.69, 9.17) is 5.73 Å². The first-order valence-electron chi connectivity index (χ1n) is 4.57. The van der Waals surface area contributed by atoms with Crippen molar-refractivity contribution in [3.63, 3.8) is 0 Å². The molecule has 0 saturated heterocycles. The summed E-state index contributed by atoms with van der Waals surface area (Å²) in [4.78, 5) is 4.32. The van der Waals surface area contributed by atoms with Crippen molar-refractivity contribution >= 4 is 5.69 Å². The van der Waals surface area contributed by atoms with Gasteiger partial charge < -0.3 is 5.73 Å². The van der Waals surface area contributed by atoms with Crippen molar-refractivity contribution in [2.24, 2.45) is 0 Å². The van der Waals surface area contributed by atoms with Crippen molar-refractivity contribution < 1.29 is 0 Å². The molecule has 0 aliphatic heterocycles. The maximum Gasteiger partial charge on any atom is 0.181 e. The molecule has 2 aromatic rings. The van der Waals surface area contributed by atoms with Crippen LogP contribution in [-0.4, -0.2) is 15.2 Å². The Balaban J connectivity index is 2.34. The highest BCUT2D eigenvalue weighted by Crippen LogP contribution is 2.15. The van der Waals surface area contributed by atoms with E-state index in [1.54, 1.807) is 0 Å². The Morgan fingerprint density at radius 2 is 2.00 bits per heavy atom. The molecule has 0 amide bonds. The SMILES string of the molecule is CCc1nc(-c2ccc(N)cc2)n[nH]1. The Kier molecular flexibility index (Phi) is 2.18. The van der Waals surface area contributed by atoms with E-state index in [-0.39, 0.29) is 0 Å². The fourth-order valence-electron chi connectivity index (χ4n) is 1.21. The number of nitrogens with one attached hydrogen (secondary N) is 1. The molecule has 4 heteroatoms. The molecule has 72 valence electrons. The van der Waals surface area contributed by atoms with Gasteiger partial charge in [-0.2, -0.15) is 5.10 Å². The van der Waals surface area contributed by atoms with Gasteiger partial charge in [0.1, 0.15) is 5.82 Å². The van der Waals surface area contributed by atoms with E-state index in [0.717, 1.165) is 29.3 Å². The van der Waals surface area contributed by atoms with Gasteiger partial charge in [-0.25, -0.2) is 4.98 Å². The number of benzene rings is 1. The van der Waals surface area contributed by atoms with E-state index in [2.05, 4.69) is 15.2 Å². The van der Waals surface area contributed by atoms with Gasteiger partial charge in [0, 0.05) is 17.7 Å². The minimum atomic E-state index is 0.724. The van der Waals surface area contributed by atoms with Crippen molar-refractivity contribution in [2.45, 2.75) is 13.3 Å². The molecular formula is C10H12N4. The Morgan fingerprint density at radius 1 is 1.29 bits per heavy atom. The van der Waals surface area contributed by atoms with Gasteiger partial charge in [0.05, 0.1) is 0 Å². The third-order valence-electron chi connectivity index (χ3n) is 2.04. The van der Waals surface area contributed by atoms with Gasteiger partial charge in [0.2, 0.25) is 0 Å². The average Bonchev–Trinajstić information content (AvgIpc) is 2.67. The average molecular weight is 188 g/mol. The van der Waals surface area contributed by atoms with Gasteiger partial charge in [0.25, 0.3) is 0 Å². The fraction of sp³-hybridized carbons (Fsp3) is 0.200. The molecule has 0 unspecified atom stereocenters. The Labute approximate surface area is 82.2 Å². The van der Waals surface area contributed by atoms with E-state index in [9.17, 15) is 0 Å². The molecule has 1 aromatic heterocycles. The van der Waals surface area contributed by atoms with Gasteiger partial charge >= 0.3 is 0 Å². The number of hydrogen-bond donors (Lipinski definition) is 2. The first-order valence-corrected chi connectivity index (χ1v) is 4.57. The van der Waals surface area contributed by atoms with E-state index in [1.165, 1.54) is 0 Å². The summed E-state index contributed by atoms with van der Waals surface area (Å²) in [5.74, 6) is 1.62. The van der Waals surface area contributed by atoms with Crippen LogP contribution in [0.2, 0.25) is 0 Å². The summed E-state index contributed by atoms with van der Waals surface area (Å²) in [5.41, 5.74) is 7.32. The number of aromatic amines is 1. The lowest BCUT2D eigenvalue weighted by molar-refractivity contribution is 0.946. The molecule has 0 radical (unpaired) electrons. The summed E-state index contributed by atoms with van der Waals surface area (Å²) < 4.78 is 0. The number of nitrogen functional groups attached to an aromatic ring is 1. The van der Waals surface area contributed by atoms with E-state index < -0.39 is 0 Å². The van der Waals surface area contributed by atoms with Crippen LogP contribution >= 0.6 is 0 Å². The largest absolute Gasteiger partial charge is 0.399 e. The van der Waals surface area contributed by atoms with Crippen molar-refractivity contribution in [3.05, 3.63) is 30.1 Å². The van der Waals surface area contributed by atoms with Crippen molar-refractivity contribution in [3.8, 4) is 11.4 Å². The molecule has 0 fully saturated rings. The number of anilines is 1. The molecule has 0 spiro atoms. The first kappa shape index (κ1) is 8.74. The van der Waals surface area contributed by atoms with Crippen LogP contribution in [0.15, 0.2) is 24.3 Å². The number of aromatic nitrogens is 3. The van der Waals surface area contributed by atoms with Gasteiger partial charge in [-0.05, 0) is 24.3 Å². The smallest absolute Gasteiger partial charge is 0.181 e. The van der Waals surface area contributed by atoms with Crippen molar-refractivity contribution in [1.82, 2.24) is 15.2 Å². The number of hydrogen-bond acceptors (Lipinski definition) is 3. The predicted molar refractivity (Wildman–Crippen MR) is 55.6 cm³/mol. The van der Waals surface area contributed by atoms with E-state index in [1.807, 2.05) is 31.2 Å². The van der Waals surface area contributed by atoms with Gasteiger partial charge in [0.15, 0.2) is 5.82 Å². The fourth-order valence-corrected chi connectivity index (χ4v) is 1.21. The van der Waals surface area contributed by atoms with Crippen LogP contribution in [0.25, 0.3) is 11.4 Å². The zero-order chi connectivity index (χ0) is 9.97.